The highest BCUT2D eigenvalue weighted by Crippen LogP contribution is 2.39. The van der Waals surface area contributed by atoms with Crippen LogP contribution in [0.2, 0.25) is 0 Å². The van der Waals surface area contributed by atoms with Crippen LogP contribution in [0, 0.1) is 12.8 Å². The maximum absolute atomic E-state index is 12.8. The van der Waals surface area contributed by atoms with Gasteiger partial charge in [-0.3, -0.25) is 4.79 Å². The molecule has 0 aromatic heterocycles. The molecule has 1 saturated carbocycles. The first-order chi connectivity index (χ1) is 11.2. The van der Waals surface area contributed by atoms with Gasteiger partial charge in [-0.05, 0) is 42.5 Å². The van der Waals surface area contributed by atoms with Crippen molar-refractivity contribution < 1.29 is 9.53 Å². The summed E-state index contributed by atoms with van der Waals surface area (Å²) >= 11 is 0. The molecule has 23 heavy (non-hydrogen) atoms. The Labute approximate surface area is 136 Å². The zero-order chi connectivity index (χ0) is 15.8. The van der Waals surface area contributed by atoms with Crippen molar-refractivity contribution in [2.24, 2.45) is 5.92 Å². The maximum Gasteiger partial charge on any atom is 0.252 e. The van der Waals surface area contributed by atoms with Gasteiger partial charge in [0.1, 0.15) is 0 Å². The van der Waals surface area contributed by atoms with Crippen molar-refractivity contribution in [2.45, 2.75) is 31.9 Å². The Morgan fingerprint density at radius 1 is 1.09 bits per heavy atom. The van der Waals surface area contributed by atoms with E-state index in [9.17, 15) is 4.79 Å². The molecule has 1 aliphatic carbocycles. The van der Waals surface area contributed by atoms with Gasteiger partial charge >= 0.3 is 0 Å². The normalized spacial score (nSPS) is 25.5. The van der Waals surface area contributed by atoms with E-state index in [1.165, 1.54) is 5.56 Å². The van der Waals surface area contributed by atoms with E-state index in [4.69, 9.17) is 4.74 Å². The summed E-state index contributed by atoms with van der Waals surface area (Å²) in [5.41, 5.74) is 4.06. The molecule has 0 spiro atoms. The number of carbonyl (C=O) groups excluding carboxylic acids is 1. The van der Waals surface area contributed by atoms with E-state index in [0.717, 1.165) is 36.1 Å². The predicted octanol–water partition coefficient (Wildman–Crippen LogP) is 3.57. The largest absolute Gasteiger partial charge is 0.378 e. The fraction of sp³-hybridized carbons (Fsp3) is 0.350. The van der Waals surface area contributed by atoms with Crippen molar-refractivity contribution in [2.75, 3.05) is 6.61 Å². The smallest absolute Gasteiger partial charge is 0.252 e. The highest BCUT2D eigenvalue weighted by Gasteiger charge is 2.45. The lowest BCUT2D eigenvalue weighted by atomic mass is 9.76. The van der Waals surface area contributed by atoms with E-state index in [1.54, 1.807) is 0 Å². The SMILES string of the molecule is Cc1ccccc1-c1ccccc1C(=O)N[C@@H]1C[C@@H]2OCC[C@@H]21. The minimum atomic E-state index is 0.0270. The molecule has 2 aliphatic rings. The van der Waals surface area contributed by atoms with Gasteiger partial charge in [0.05, 0.1) is 6.10 Å². The minimum Gasteiger partial charge on any atom is -0.378 e. The van der Waals surface area contributed by atoms with E-state index >= 15 is 0 Å². The molecule has 1 heterocycles. The van der Waals surface area contributed by atoms with Gasteiger partial charge in [0.15, 0.2) is 0 Å². The molecule has 3 heteroatoms. The summed E-state index contributed by atoms with van der Waals surface area (Å²) in [6.07, 6.45) is 2.38. The Balaban J connectivity index is 1.59. The molecule has 1 N–H and O–H groups in total. The molecule has 3 atom stereocenters. The molecule has 3 nitrogen and oxygen atoms in total. The van der Waals surface area contributed by atoms with E-state index < -0.39 is 0 Å². The van der Waals surface area contributed by atoms with Gasteiger partial charge < -0.3 is 10.1 Å². The molecule has 0 unspecified atom stereocenters. The molecule has 2 fully saturated rings. The van der Waals surface area contributed by atoms with E-state index in [-0.39, 0.29) is 11.9 Å². The zero-order valence-corrected chi connectivity index (χ0v) is 13.3. The number of amides is 1. The lowest BCUT2D eigenvalue weighted by Crippen LogP contribution is -2.53. The summed E-state index contributed by atoms with van der Waals surface area (Å²) in [6, 6.07) is 16.3. The molecule has 0 radical (unpaired) electrons. The standard InChI is InChI=1S/C20H21NO2/c1-13-6-2-3-7-14(13)15-8-4-5-9-16(15)20(22)21-18-12-19-17(18)10-11-23-19/h2-9,17-19H,10-12H2,1H3,(H,21,22)/t17-,18-,19+/m1/s1. The van der Waals surface area contributed by atoms with Crippen molar-refractivity contribution in [1.82, 2.24) is 5.32 Å². The second-order valence-electron chi connectivity index (χ2n) is 6.54. The van der Waals surface area contributed by atoms with Crippen LogP contribution in [0.4, 0.5) is 0 Å². The number of fused-ring (bicyclic) bond motifs is 1. The van der Waals surface area contributed by atoms with Crippen LogP contribution in [-0.4, -0.2) is 24.7 Å². The van der Waals surface area contributed by atoms with Gasteiger partial charge in [-0.25, -0.2) is 0 Å². The quantitative estimate of drug-likeness (QED) is 0.941. The van der Waals surface area contributed by atoms with Crippen LogP contribution in [0.3, 0.4) is 0 Å². The Hall–Kier alpha value is -2.13. The Morgan fingerprint density at radius 3 is 2.61 bits per heavy atom. The van der Waals surface area contributed by atoms with Crippen molar-refractivity contribution in [3.05, 3.63) is 59.7 Å². The van der Waals surface area contributed by atoms with E-state index in [1.807, 2.05) is 36.4 Å². The average molecular weight is 307 g/mol. The molecule has 4 rings (SSSR count). The van der Waals surface area contributed by atoms with Crippen LogP contribution >= 0.6 is 0 Å². The van der Waals surface area contributed by atoms with Crippen molar-refractivity contribution >= 4 is 5.91 Å². The molecule has 2 aromatic rings. The van der Waals surface area contributed by atoms with Crippen LogP contribution in [0.5, 0.6) is 0 Å². The number of rotatable bonds is 3. The fourth-order valence-electron chi connectivity index (χ4n) is 3.80. The molecular weight excluding hydrogens is 286 g/mol. The molecular formula is C20H21NO2. The van der Waals surface area contributed by atoms with Crippen LogP contribution in [0.1, 0.15) is 28.8 Å². The number of ether oxygens (including phenoxy) is 1. The first-order valence-electron chi connectivity index (χ1n) is 8.31. The van der Waals surface area contributed by atoms with Gasteiger partial charge in [0, 0.05) is 24.1 Å². The number of benzene rings is 2. The summed E-state index contributed by atoms with van der Waals surface area (Å²) in [5, 5.41) is 3.21. The highest BCUT2D eigenvalue weighted by molar-refractivity contribution is 6.01. The summed E-state index contributed by atoms with van der Waals surface area (Å²) in [7, 11) is 0. The maximum atomic E-state index is 12.8. The summed E-state index contributed by atoms with van der Waals surface area (Å²) in [6.45, 7) is 2.91. The highest BCUT2D eigenvalue weighted by atomic mass is 16.5. The number of hydrogen-bond donors (Lipinski definition) is 1. The first kappa shape index (κ1) is 14.5. The van der Waals surface area contributed by atoms with Crippen molar-refractivity contribution in [3.63, 3.8) is 0 Å². The Bertz CT molecular complexity index is 740. The Morgan fingerprint density at radius 2 is 1.83 bits per heavy atom. The lowest BCUT2D eigenvalue weighted by molar-refractivity contribution is 0.00811. The van der Waals surface area contributed by atoms with E-state index in [0.29, 0.717) is 12.0 Å². The molecule has 118 valence electrons. The zero-order valence-electron chi connectivity index (χ0n) is 13.3. The van der Waals surface area contributed by atoms with Crippen LogP contribution < -0.4 is 5.32 Å². The lowest BCUT2D eigenvalue weighted by Gasteiger charge is -2.39. The third-order valence-electron chi connectivity index (χ3n) is 5.19. The Kier molecular flexibility index (Phi) is 3.66. The number of hydrogen-bond acceptors (Lipinski definition) is 2. The van der Waals surface area contributed by atoms with Crippen molar-refractivity contribution in [1.29, 1.82) is 0 Å². The predicted molar refractivity (Wildman–Crippen MR) is 90.3 cm³/mol. The van der Waals surface area contributed by atoms with Crippen molar-refractivity contribution in [3.8, 4) is 11.1 Å². The topological polar surface area (TPSA) is 38.3 Å². The summed E-state index contributed by atoms with van der Waals surface area (Å²) < 4.78 is 5.63. The molecule has 2 aromatic carbocycles. The van der Waals surface area contributed by atoms with Gasteiger partial charge in [0.2, 0.25) is 0 Å². The van der Waals surface area contributed by atoms with Gasteiger partial charge in [-0.2, -0.15) is 0 Å². The fourth-order valence-corrected chi connectivity index (χ4v) is 3.80. The van der Waals surface area contributed by atoms with Gasteiger partial charge in [-0.15, -0.1) is 0 Å². The third-order valence-corrected chi connectivity index (χ3v) is 5.19. The second kappa shape index (κ2) is 5.82. The number of nitrogens with one attached hydrogen (secondary N) is 1. The monoisotopic (exact) mass is 307 g/mol. The molecule has 1 aliphatic heterocycles. The van der Waals surface area contributed by atoms with Crippen LogP contribution in [0.15, 0.2) is 48.5 Å². The molecule has 1 saturated heterocycles. The second-order valence-corrected chi connectivity index (χ2v) is 6.54. The minimum absolute atomic E-state index is 0.0270. The summed E-state index contributed by atoms with van der Waals surface area (Å²) in [4.78, 5) is 12.8. The van der Waals surface area contributed by atoms with E-state index in [2.05, 4.69) is 24.4 Å². The number of carbonyl (C=O) groups is 1. The van der Waals surface area contributed by atoms with Gasteiger partial charge in [-0.1, -0.05) is 42.5 Å². The van der Waals surface area contributed by atoms with Crippen LogP contribution in [0.25, 0.3) is 11.1 Å². The molecule has 0 bridgehead atoms. The first-order valence-corrected chi connectivity index (χ1v) is 8.31. The molecule has 1 amide bonds. The average Bonchev–Trinajstić information content (AvgIpc) is 2.94. The van der Waals surface area contributed by atoms with Gasteiger partial charge in [0.25, 0.3) is 5.91 Å². The van der Waals surface area contributed by atoms with Crippen LogP contribution in [-0.2, 0) is 4.74 Å². The number of aryl methyl sites for hydroxylation is 1. The summed E-state index contributed by atoms with van der Waals surface area (Å²) in [5.74, 6) is 0.531. The third kappa shape index (κ3) is 2.55.